The van der Waals surface area contributed by atoms with Crippen molar-refractivity contribution >= 4 is 16.9 Å². The molecule has 0 saturated carbocycles. The molecular formula is C22H28N4O2. The lowest BCUT2D eigenvalue weighted by atomic mass is 10.2. The first-order chi connectivity index (χ1) is 13.7. The molecule has 148 valence electrons. The minimum Gasteiger partial charge on any atom is -0.504 e. The molecule has 1 aromatic heterocycles. The van der Waals surface area contributed by atoms with E-state index in [1.807, 2.05) is 19.1 Å². The average Bonchev–Trinajstić information content (AvgIpc) is 3.13. The van der Waals surface area contributed by atoms with E-state index in [9.17, 15) is 5.11 Å². The molecule has 2 aromatic carbocycles. The summed E-state index contributed by atoms with van der Waals surface area (Å²) in [6.45, 7) is 4.93. The Morgan fingerprint density at radius 1 is 1.11 bits per heavy atom. The number of aromatic nitrogens is 1. The first-order valence-electron chi connectivity index (χ1n) is 9.63. The van der Waals surface area contributed by atoms with Gasteiger partial charge in [0.25, 0.3) is 0 Å². The summed E-state index contributed by atoms with van der Waals surface area (Å²) >= 11 is 0. The number of benzene rings is 2. The third kappa shape index (κ3) is 4.76. The molecule has 0 amide bonds. The molecule has 6 nitrogen and oxygen atoms in total. The number of methoxy groups -OCH3 is 1. The molecule has 0 bridgehead atoms. The number of hydrogen-bond acceptors (Lipinski definition) is 3. The van der Waals surface area contributed by atoms with Crippen molar-refractivity contribution in [3.8, 4) is 11.5 Å². The van der Waals surface area contributed by atoms with E-state index < -0.39 is 0 Å². The summed E-state index contributed by atoms with van der Waals surface area (Å²) in [4.78, 5) is 4.58. The first kappa shape index (κ1) is 19.6. The number of para-hydroxylation sites is 2. The summed E-state index contributed by atoms with van der Waals surface area (Å²) < 4.78 is 7.43. The van der Waals surface area contributed by atoms with Gasteiger partial charge >= 0.3 is 0 Å². The van der Waals surface area contributed by atoms with E-state index in [4.69, 9.17) is 4.74 Å². The van der Waals surface area contributed by atoms with Gasteiger partial charge in [0.2, 0.25) is 0 Å². The fourth-order valence-corrected chi connectivity index (χ4v) is 3.16. The molecule has 0 radical (unpaired) electrons. The monoisotopic (exact) mass is 380 g/mol. The third-order valence-electron chi connectivity index (χ3n) is 4.60. The molecule has 0 aliphatic carbocycles. The van der Waals surface area contributed by atoms with E-state index in [2.05, 4.69) is 56.7 Å². The van der Waals surface area contributed by atoms with Crippen LogP contribution in [0.1, 0.15) is 18.9 Å². The molecule has 0 atom stereocenters. The molecule has 0 saturated heterocycles. The second-order valence-electron chi connectivity index (χ2n) is 6.51. The number of nitrogens with one attached hydrogen (secondary N) is 2. The van der Waals surface area contributed by atoms with E-state index in [1.165, 1.54) is 10.9 Å². The summed E-state index contributed by atoms with van der Waals surface area (Å²) in [5, 5.41) is 18.1. The smallest absolute Gasteiger partial charge is 0.191 e. The van der Waals surface area contributed by atoms with Crippen molar-refractivity contribution in [1.29, 1.82) is 0 Å². The van der Waals surface area contributed by atoms with Crippen molar-refractivity contribution < 1.29 is 9.84 Å². The van der Waals surface area contributed by atoms with Gasteiger partial charge in [-0.15, -0.1) is 0 Å². The van der Waals surface area contributed by atoms with Crippen LogP contribution < -0.4 is 15.4 Å². The molecule has 1 heterocycles. The summed E-state index contributed by atoms with van der Waals surface area (Å²) in [6.07, 6.45) is 3.11. The zero-order valence-corrected chi connectivity index (χ0v) is 16.5. The lowest BCUT2D eigenvalue weighted by Crippen LogP contribution is -2.38. The number of guanidine groups is 1. The number of phenolic OH excluding ortho intramolecular Hbond substituents is 1. The number of fused-ring (bicyclic) bond motifs is 1. The van der Waals surface area contributed by atoms with Crippen LogP contribution >= 0.6 is 0 Å². The Morgan fingerprint density at radius 3 is 2.79 bits per heavy atom. The molecule has 3 aromatic rings. The van der Waals surface area contributed by atoms with Crippen molar-refractivity contribution in [2.24, 2.45) is 4.99 Å². The largest absolute Gasteiger partial charge is 0.504 e. The van der Waals surface area contributed by atoms with Crippen LogP contribution in [0, 0.1) is 0 Å². The Balaban J connectivity index is 1.55. The lowest BCUT2D eigenvalue weighted by molar-refractivity contribution is 0.370. The molecule has 3 N–H and O–H groups in total. The molecule has 0 spiro atoms. The molecular weight excluding hydrogens is 352 g/mol. The standard InChI is InChI=1S/C22H28N4O2/c1-3-23-22(25-16-18-9-6-11-20(28-2)21(18)27)24-13-7-14-26-15-12-17-8-4-5-10-19(17)26/h4-6,8-12,15,27H,3,7,13-14,16H2,1-2H3,(H2,23,24,25). The van der Waals surface area contributed by atoms with E-state index in [0.29, 0.717) is 12.3 Å². The number of rotatable bonds is 8. The van der Waals surface area contributed by atoms with Crippen LogP contribution in [-0.2, 0) is 13.1 Å². The number of aliphatic imine (C=N–C) groups is 1. The van der Waals surface area contributed by atoms with Gasteiger partial charge in [-0.2, -0.15) is 0 Å². The molecule has 0 aliphatic rings. The average molecular weight is 380 g/mol. The van der Waals surface area contributed by atoms with Gasteiger partial charge in [-0.3, -0.25) is 0 Å². The predicted molar refractivity (Wildman–Crippen MR) is 114 cm³/mol. The van der Waals surface area contributed by atoms with E-state index in [0.717, 1.165) is 37.6 Å². The number of phenols is 1. The van der Waals surface area contributed by atoms with E-state index >= 15 is 0 Å². The highest BCUT2D eigenvalue weighted by atomic mass is 16.5. The topological polar surface area (TPSA) is 70.8 Å². The number of hydrogen-bond donors (Lipinski definition) is 3. The van der Waals surface area contributed by atoms with Crippen molar-refractivity contribution in [2.45, 2.75) is 26.4 Å². The maximum atomic E-state index is 10.2. The Hall–Kier alpha value is -3.15. The van der Waals surface area contributed by atoms with Gasteiger partial charge in [0, 0.05) is 36.9 Å². The van der Waals surface area contributed by atoms with Gasteiger partial charge in [0.05, 0.1) is 13.7 Å². The highest BCUT2D eigenvalue weighted by molar-refractivity contribution is 5.80. The fraction of sp³-hybridized carbons (Fsp3) is 0.318. The van der Waals surface area contributed by atoms with E-state index in [-0.39, 0.29) is 5.75 Å². The summed E-state index contributed by atoms with van der Waals surface area (Å²) in [5.41, 5.74) is 1.99. The highest BCUT2D eigenvalue weighted by Gasteiger charge is 2.07. The minimum atomic E-state index is 0.143. The number of ether oxygens (including phenoxy) is 1. The fourth-order valence-electron chi connectivity index (χ4n) is 3.16. The molecule has 6 heteroatoms. The normalized spacial score (nSPS) is 11.6. The highest BCUT2D eigenvalue weighted by Crippen LogP contribution is 2.29. The zero-order chi connectivity index (χ0) is 19.8. The quantitative estimate of drug-likeness (QED) is 0.318. The number of nitrogens with zero attached hydrogens (tertiary/aromatic N) is 2. The van der Waals surface area contributed by atoms with Crippen molar-refractivity contribution in [1.82, 2.24) is 15.2 Å². The zero-order valence-electron chi connectivity index (χ0n) is 16.5. The van der Waals surface area contributed by atoms with Crippen LogP contribution in [0.5, 0.6) is 11.5 Å². The lowest BCUT2D eigenvalue weighted by Gasteiger charge is -2.13. The Labute approximate surface area is 165 Å². The number of aryl methyl sites for hydroxylation is 1. The van der Waals surface area contributed by atoms with Crippen LogP contribution in [0.25, 0.3) is 10.9 Å². The molecule has 0 fully saturated rings. The van der Waals surface area contributed by atoms with Crippen LogP contribution in [0.15, 0.2) is 59.7 Å². The van der Waals surface area contributed by atoms with Crippen molar-refractivity contribution in [3.63, 3.8) is 0 Å². The van der Waals surface area contributed by atoms with Gasteiger partial charge in [0.1, 0.15) is 0 Å². The predicted octanol–water partition coefficient (Wildman–Crippen LogP) is 3.50. The van der Waals surface area contributed by atoms with Gasteiger partial charge in [-0.05, 0) is 36.9 Å². The Bertz CT molecular complexity index is 933. The second kappa shape index (κ2) is 9.69. The second-order valence-corrected chi connectivity index (χ2v) is 6.51. The van der Waals surface area contributed by atoms with Crippen LogP contribution in [-0.4, -0.2) is 35.8 Å². The maximum Gasteiger partial charge on any atom is 0.191 e. The third-order valence-corrected chi connectivity index (χ3v) is 4.60. The molecule has 28 heavy (non-hydrogen) atoms. The Morgan fingerprint density at radius 2 is 1.96 bits per heavy atom. The van der Waals surface area contributed by atoms with E-state index in [1.54, 1.807) is 13.2 Å². The van der Waals surface area contributed by atoms with Crippen LogP contribution in [0.4, 0.5) is 0 Å². The van der Waals surface area contributed by atoms with Gasteiger partial charge in [-0.1, -0.05) is 30.3 Å². The van der Waals surface area contributed by atoms with Crippen molar-refractivity contribution in [2.75, 3.05) is 20.2 Å². The summed E-state index contributed by atoms with van der Waals surface area (Å²) in [6, 6.07) is 16.0. The number of aromatic hydroxyl groups is 1. The summed E-state index contributed by atoms with van der Waals surface area (Å²) in [5.74, 6) is 1.34. The van der Waals surface area contributed by atoms with Crippen LogP contribution in [0.3, 0.4) is 0 Å². The Kier molecular flexibility index (Phi) is 6.78. The SMILES string of the molecule is CCNC(=NCc1cccc(OC)c1O)NCCCn1ccc2ccccc21. The molecule has 3 rings (SSSR count). The summed E-state index contributed by atoms with van der Waals surface area (Å²) in [7, 11) is 1.54. The first-order valence-corrected chi connectivity index (χ1v) is 9.63. The van der Waals surface area contributed by atoms with Crippen molar-refractivity contribution in [3.05, 3.63) is 60.3 Å². The van der Waals surface area contributed by atoms with Gasteiger partial charge in [-0.25, -0.2) is 4.99 Å². The molecule has 0 unspecified atom stereocenters. The maximum absolute atomic E-state index is 10.2. The minimum absolute atomic E-state index is 0.143. The van der Waals surface area contributed by atoms with Gasteiger partial charge in [0.15, 0.2) is 17.5 Å². The van der Waals surface area contributed by atoms with Crippen LogP contribution in [0.2, 0.25) is 0 Å². The van der Waals surface area contributed by atoms with Gasteiger partial charge < -0.3 is 25.0 Å². The molecule has 0 aliphatic heterocycles.